The largest absolute Gasteiger partial charge is 0.497 e. The number of ether oxygens (including phenoxy) is 2. The smallest absolute Gasteiger partial charge is 0.125 e. The van der Waals surface area contributed by atoms with Crippen LogP contribution in [0.4, 0.5) is 4.39 Å². The molecule has 30 heavy (non-hydrogen) atoms. The molecule has 0 bridgehead atoms. The van der Waals surface area contributed by atoms with Crippen molar-refractivity contribution in [2.24, 2.45) is 0 Å². The Morgan fingerprint density at radius 2 is 1.40 bits per heavy atom. The second kappa shape index (κ2) is 9.20. The standard InChI is InChI=1S/C23H18ClFN2O2.ClH/c1-28-19-10-6-15(7-11-19)22-21(24)23(16-8-12-20(29-2)13-9-16)27(26-22)18-5-3-4-17(25)14-18;/h3-14H,1-2H3;1H. The quantitative estimate of drug-likeness (QED) is 0.355. The number of methoxy groups -OCH3 is 2. The summed E-state index contributed by atoms with van der Waals surface area (Å²) in [4.78, 5) is 0. The van der Waals surface area contributed by atoms with E-state index in [-0.39, 0.29) is 18.2 Å². The second-order valence-electron chi connectivity index (χ2n) is 6.36. The van der Waals surface area contributed by atoms with E-state index in [9.17, 15) is 4.39 Å². The summed E-state index contributed by atoms with van der Waals surface area (Å²) >= 11 is 6.80. The van der Waals surface area contributed by atoms with E-state index < -0.39 is 0 Å². The van der Waals surface area contributed by atoms with Crippen LogP contribution < -0.4 is 9.47 Å². The van der Waals surface area contributed by atoms with Gasteiger partial charge in [0.15, 0.2) is 0 Å². The van der Waals surface area contributed by atoms with E-state index in [1.807, 2.05) is 48.5 Å². The fourth-order valence-corrected chi connectivity index (χ4v) is 3.46. The number of halogens is 3. The molecule has 0 spiro atoms. The third-order valence-electron chi connectivity index (χ3n) is 4.61. The van der Waals surface area contributed by atoms with Crippen LogP contribution in [0.2, 0.25) is 5.02 Å². The van der Waals surface area contributed by atoms with Crippen LogP contribution in [0, 0.1) is 5.82 Å². The van der Waals surface area contributed by atoms with E-state index in [4.69, 9.17) is 26.2 Å². The molecule has 3 aromatic carbocycles. The van der Waals surface area contributed by atoms with Gasteiger partial charge in [0.2, 0.25) is 0 Å². The third kappa shape index (κ3) is 4.13. The number of benzene rings is 3. The molecule has 154 valence electrons. The normalized spacial score (nSPS) is 10.4. The molecule has 4 nitrogen and oxygen atoms in total. The molecule has 0 unspecified atom stereocenters. The Hall–Kier alpha value is -3.02. The molecule has 1 heterocycles. The summed E-state index contributed by atoms with van der Waals surface area (Å²) in [6.45, 7) is 0. The zero-order chi connectivity index (χ0) is 20.4. The van der Waals surface area contributed by atoms with Gasteiger partial charge in [-0.3, -0.25) is 0 Å². The fraction of sp³-hybridized carbons (Fsp3) is 0.0870. The molecule has 0 aliphatic carbocycles. The van der Waals surface area contributed by atoms with Crippen LogP contribution in [0.5, 0.6) is 11.5 Å². The Morgan fingerprint density at radius 3 is 1.93 bits per heavy atom. The van der Waals surface area contributed by atoms with Crippen LogP contribution in [-0.2, 0) is 0 Å². The van der Waals surface area contributed by atoms with Gasteiger partial charge in [-0.2, -0.15) is 5.10 Å². The average Bonchev–Trinajstić information content (AvgIpc) is 3.11. The molecule has 0 saturated heterocycles. The third-order valence-corrected chi connectivity index (χ3v) is 4.97. The molecule has 0 aliphatic rings. The summed E-state index contributed by atoms with van der Waals surface area (Å²) in [6.07, 6.45) is 0. The van der Waals surface area contributed by atoms with Crippen molar-refractivity contribution in [1.29, 1.82) is 0 Å². The Labute approximate surface area is 185 Å². The van der Waals surface area contributed by atoms with Crippen LogP contribution in [0.3, 0.4) is 0 Å². The van der Waals surface area contributed by atoms with Gasteiger partial charge in [0, 0.05) is 11.1 Å². The Bertz CT molecular complexity index is 1140. The molecule has 0 N–H and O–H groups in total. The first-order valence-corrected chi connectivity index (χ1v) is 9.32. The van der Waals surface area contributed by atoms with Crippen molar-refractivity contribution in [3.63, 3.8) is 0 Å². The molecule has 4 aromatic rings. The molecular formula is C23H19Cl2FN2O2. The van der Waals surface area contributed by atoms with Crippen molar-refractivity contribution in [3.05, 3.63) is 83.6 Å². The minimum Gasteiger partial charge on any atom is -0.497 e. The maximum atomic E-state index is 13.9. The summed E-state index contributed by atoms with van der Waals surface area (Å²) in [7, 11) is 3.23. The van der Waals surface area contributed by atoms with Crippen LogP contribution in [0.15, 0.2) is 72.8 Å². The lowest BCUT2D eigenvalue weighted by atomic mass is 10.1. The predicted octanol–water partition coefficient (Wildman–Crippen LogP) is 6.44. The number of nitrogens with zero attached hydrogens (tertiary/aromatic N) is 2. The number of hydrogen-bond acceptors (Lipinski definition) is 3. The van der Waals surface area contributed by atoms with Gasteiger partial charge >= 0.3 is 0 Å². The van der Waals surface area contributed by atoms with Crippen molar-refractivity contribution in [2.75, 3.05) is 14.2 Å². The van der Waals surface area contributed by atoms with Crippen LogP contribution in [0.25, 0.3) is 28.2 Å². The van der Waals surface area contributed by atoms with E-state index in [0.29, 0.717) is 22.1 Å². The zero-order valence-electron chi connectivity index (χ0n) is 16.3. The number of aromatic nitrogens is 2. The second-order valence-corrected chi connectivity index (χ2v) is 6.74. The summed E-state index contributed by atoms with van der Waals surface area (Å²) in [5, 5.41) is 5.19. The number of rotatable bonds is 5. The minimum atomic E-state index is -0.346. The summed E-state index contributed by atoms with van der Waals surface area (Å²) in [5.41, 5.74) is 3.53. The first-order chi connectivity index (χ1) is 14.1. The summed E-state index contributed by atoms with van der Waals surface area (Å²) < 4.78 is 26.0. The van der Waals surface area contributed by atoms with Gasteiger partial charge < -0.3 is 9.47 Å². The number of hydrogen-bond donors (Lipinski definition) is 0. The lowest BCUT2D eigenvalue weighted by Crippen LogP contribution is -2.00. The molecule has 0 radical (unpaired) electrons. The van der Waals surface area contributed by atoms with Crippen molar-refractivity contribution in [3.8, 4) is 39.7 Å². The molecule has 4 rings (SSSR count). The summed E-state index contributed by atoms with van der Waals surface area (Å²) in [5.74, 6) is 1.13. The Kier molecular flexibility index (Phi) is 6.65. The Morgan fingerprint density at radius 1 is 0.833 bits per heavy atom. The predicted molar refractivity (Wildman–Crippen MR) is 120 cm³/mol. The van der Waals surface area contributed by atoms with Gasteiger partial charge in [0.1, 0.15) is 23.0 Å². The van der Waals surface area contributed by atoms with Gasteiger partial charge in [-0.15, -0.1) is 12.4 Å². The lowest BCUT2D eigenvalue weighted by molar-refractivity contribution is 0.414. The van der Waals surface area contributed by atoms with Crippen LogP contribution >= 0.6 is 24.0 Å². The molecule has 1 aromatic heterocycles. The van der Waals surface area contributed by atoms with Crippen molar-refractivity contribution < 1.29 is 13.9 Å². The first kappa shape index (κ1) is 21.7. The van der Waals surface area contributed by atoms with E-state index >= 15 is 0 Å². The average molecular weight is 445 g/mol. The monoisotopic (exact) mass is 444 g/mol. The summed E-state index contributed by atoms with van der Waals surface area (Å²) in [6, 6.07) is 21.2. The highest BCUT2D eigenvalue weighted by Crippen LogP contribution is 2.38. The SMILES string of the molecule is COc1ccc(-c2nn(-c3cccc(F)c3)c(-c3ccc(OC)cc3)c2Cl)cc1.Cl. The van der Waals surface area contributed by atoms with Crippen LogP contribution in [0.1, 0.15) is 0 Å². The highest BCUT2D eigenvalue weighted by atomic mass is 35.5. The maximum absolute atomic E-state index is 13.9. The highest BCUT2D eigenvalue weighted by Gasteiger charge is 2.20. The van der Waals surface area contributed by atoms with E-state index in [2.05, 4.69) is 0 Å². The van der Waals surface area contributed by atoms with Gasteiger partial charge in [-0.25, -0.2) is 9.07 Å². The van der Waals surface area contributed by atoms with Gasteiger partial charge in [-0.05, 0) is 66.7 Å². The highest BCUT2D eigenvalue weighted by molar-refractivity contribution is 6.35. The molecule has 0 saturated carbocycles. The fourth-order valence-electron chi connectivity index (χ4n) is 3.12. The molecule has 0 fully saturated rings. The van der Waals surface area contributed by atoms with Gasteiger partial charge in [0.25, 0.3) is 0 Å². The molecular weight excluding hydrogens is 426 g/mol. The zero-order valence-corrected chi connectivity index (χ0v) is 17.9. The topological polar surface area (TPSA) is 36.3 Å². The minimum absolute atomic E-state index is 0. The molecule has 0 aliphatic heterocycles. The van der Waals surface area contributed by atoms with Crippen molar-refractivity contribution in [2.45, 2.75) is 0 Å². The van der Waals surface area contributed by atoms with Crippen molar-refractivity contribution >= 4 is 24.0 Å². The van der Waals surface area contributed by atoms with Gasteiger partial charge in [0.05, 0.1) is 30.6 Å². The Balaban J connectivity index is 0.00000256. The maximum Gasteiger partial charge on any atom is 0.125 e. The first-order valence-electron chi connectivity index (χ1n) is 8.94. The molecule has 7 heteroatoms. The van der Waals surface area contributed by atoms with E-state index in [0.717, 1.165) is 22.6 Å². The molecule has 0 atom stereocenters. The molecule has 0 amide bonds. The van der Waals surface area contributed by atoms with E-state index in [1.54, 1.807) is 31.0 Å². The van der Waals surface area contributed by atoms with Crippen molar-refractivity contribution in [1.82, 2.24) is 9.78 Å². The lowest BCUT2D eigenvalue weighted by Gasteiger charge is -2.09. The van der Waals surface area contributed by atoms with E-state index in [1.165, 1.54) is 12.1 Å². The van der Waals surface area contributed by atoms with Crippen LogP contribution in [-0.4, -0.2) is 24.0 Å². The van der Waals surface area contributed by atoms with Gasteiger partial charge in [-0.1, -0.05) is 17.7 Å².